The van der Waals surface area contributed by atoms with E-state index >= 15 is 0 Å². The standard InChI is InChI=1S/C14H10BrN3OS/c1-8-17-11-5-4-9(7-12(11)20-8)18-14(19)13-10(15)3-2-6-16-13/h2-7H,1H3,(H,18,19). The van der Waals surface area contributed by atoms with Crippen LogP contribution in [0.3, 0.4) is 0 Å². The second-order valence-electron chi connectivity index (χ2n) is 4.20. The van der Waals surface area contributed by atoms with Crippen LogP contribution in [0.5, 0.6) is 0 Å². The third-order valence-corrected chi connectivity index (χ3v) is 4.30. The third-order valence-electron chi connectivity index (χ3n) is 2.73. The molecule has 1 aromatic carbocycles. The lowest BCUT2D eigenvalue weighted by molar-refractivity contribution is 0.102. The number of carbonyl (C=O) groups is 1. The van der Waals surface area contributed by atoms with Crippen LogP contribution in [-0.2, 0) is 0 Å². The fourth-order valence-electron chi connectivity index (χ4n) is 1.86. The fraction of sp³-hybridized carbons (Fsp3) is 0.0714. The maximum absolute atomic E-state index is 12.2. The first-order valence-electron chi connectivity index (χ1n) is 5.92. The van der Waals surface area contributed by atoms with Crippen molar-refractivity contribution in [3.8, 4) is 0 Å². The SMILES string of the molecule is Cc1nc2ccc(NC(=O)c3ncccc3Br)cc2s1. The van der Waals surface area contributed by atoms with Crippen LogP contribution in [0.1, 0.15) is 15.5 Å². The molecule has 0 aliphatic rings. The van der Waals surface area contributed by atoms with Crippen molar-refractivity contribution in [2.75, 3.05) is 5.32 Å². The van der Waals surface area contributed by atoms with Crippen LogP contribution in [0.15, 0.2) is 41.0 Å². The number of fused-ring (bicyclic) bond motifs is 1. The van der Waals surface area contributed by atoms with E-state index in [0.29, 0.717) is 10.2 Å². The Labute approximate surface area is 128 Å². The number of thiazole rings is 1. The lowest BCUT2D eigenvalue weighted by Gasteiger charge is -2.05. The van der Waals surface area contributed by atoms with Crippen molar-refractivity contribution in [2.24, 2.45) is 0 Å². The minimum absolute atomic E-state index is 0.238. The molecule has 2 heterocycles. The van der Waals surface area contributed by atoms with Gasteiger partial charge in [-0.15, -0.1) is 11.3 Å². The van der Waals surface area contributed by atoms with Gasteiger partial charge >= 0.3 is 0 Å². The molecule has 0 atom stereocenters. The smallest absolute Gasteiger partial charge is 0.275 e. The summed E-state index contributed by atoms with van der Waals surface area (Å²) in [6, 6.07) is 9.23. The number of nitrogens with zero attached hydrogens (tertiary/aromatic N) is 2. The summed E-state index contributed by atoms with van der Waals surface area (Å²) in [6.07, 6.45) is 1.59. The zero-order chi connectivity index (χ0) is 14.1. The summed E-state index contributed by atoms with van der Waals surface area (Å²) >= 11 is 4.93. The van der Waals surface area contributed by atoms with Crippen LogP contribution < -0.4 is 5.32 Å². The van der Waals surface area contributed by atoms with Crippen LogP contribution in [0.25, 0.3) is 10.2 Å². The molecule has 0 unspecified atom stereocenters. The Balaban J connectivity index is 1.89. The summed E-state index contributed by atoms with van der Waals surface area (Å²) in [6.45, 7) is 1.97. The Morgan fingerprint density at radius 1 is 1.35 bits per heavy atom. The molecular formula is C14H10BrN3OS. The van der Waals surface area contributed by atoms with Crippen molar-refractivity contribution in [1.29, 1.82) is 0 Å². The topological polar surface area (TPSA) is 54.9 Å². The van der Waals surface area contributed by atoms with Crippen LogP contribution >= 0.6 is 27.3 Å². The number of aromatic nitrogens is 2. The number of pyridine rings is 1. The predicted octanol–water partition coefficient (Wildman–Crippen LogP) is 4.01. The monoisotopic (exact) mass is 347 g/mol. The van der Waals surface area contributed by atoms with Gasteiger partial charge < -0.3 is 5.32 Å². The van der Waals surface area contributed by atoms with Crippen molar-refractivity contribution in [3.05, 3.63) is 51.7 Å². The zero-order valence-corrected chi connectivity index (χ0v) is 13.0. The molecule has 0 saturated carbocycles. The molecular weight excluding hydrogens is 338 g/mol. The van der Waals surface area contributed by atoms with E-state index in [1.54, 1.807) is 29.7 Å². The molecule has 0 saturated heterocycles. The molecule has 0 aliphatic carbocycles. The first kappa shape index (κ1) is 13.2. The van der Waals surface area contributed by atoms with Crippen LogP contribution in [0, 0.1) is 6.92 Å². The van der Waals surface area contributed by atoms with Gasteiger partial charge in [-0.2, -0.15) is 0 Å². The number of halogens is 1. The molecule has 0 aliphatic heterocycles. The quantitative estimate of drug-likeness (QED) is 0.761. The summed E-state index contributed by atoms with van der Waals surface area (Å²) in [4.78, 5) is 20.6. The highest BCUT2D eigenvalue weighted by Gasteiger charge is 2.11. The number of hydrogen-bond acceptors (Lipinski definition) is 4. The molecule has 100 valence electrons. The highest BCUT2D eigenvalue weighted by atomic mass is 79.9. The highest BCUT2D eigenvalue weighted by Crippen LogP contribution is 2.25. The highest BCUT2D eigenvalue weighted by molar-refractivity contribution is 9.10. The molecule has 3 rings (SSSR count). The second kappa shape index (κ2) is 5.30. The summed E-state index contributed by atoms with van der Waals surface area (Å²) in [5.74, 6) is -0.238. The van der Waals surface area contributed by atoms with Gasteiger partial charge in [0.25, 0.3) is 5.91 Å². The van der Waals surface area contributed by atoms with Gasteiger partial charge in [0, 0.05) is 16.4 Å². The van der Waals surface area contributed by atoms with E-state index < -0.39 is 0 Å². The van der Waals surface area contributed by atoms with Gasteiger partial charge in [-0.25, -0.2) is 9.97 Å². The first-order valence-corrected chi connectivity index (χ1v) is 7.53. The molecule has 0 radical (unpaired) electrons. The zero-order valence-electron chi connectivity index (χ0n) is 10.6. The van der Waals surface area contributed by atoms with E-state index in [0.717, 1.165) is 20.9 Å². The molecule has 4 nitrogen and oxygen atoms in total. The molecule has 1 N–H and O–H groups in total. The Bertz CT molecular complexity index is 800. The second-order valence-corrected chi connectivity index (χ2v) is 6.29. The molecule has 3 aromatic rings. The summed E-state index contributed by atoms with van der Waals surface area (Å²) < 4.78 is 1.73. The molecule has 0 bridgehead atoms. The van der Waals surface area contributed by atoms with Gasteiger partial charge in [0.1, 0.15) is 5.69 Å². The van der Waals surface area contributed by atoms with E-state index in [-0.39, 0.29) is 5.91 Å². The van der Waals surface area contributed by atoms with Gasteiger partial charge in [0.05, 0.1) is 15.2 Å². The third kappa shape index (κ3) is 2.57. The van der Waals surface area contributed by atoms with Crippen LogP contribution in [0.2, 0.25) is 0 Å². The van der Waals surface area contributed by atoms with Crippen molar-refractivity contribution < 1.29 is 4.79 Å². The Morgan fingerprint density at radius 3 is 3.00 bits per heavy atom. The molecule has 20 heavy (non-hydrogen) atoms. The van der Waals surface area contributed by atoms with Gasteiger partial charge in [0.15, 0.2) is 0 Å². The van der Waals surface area contributed by atoms with Crippen molar-refractivity contribution in [2.45, 2.75) is 6.92 Å². The van der Waals surface area contributed by atoms with Crippen molar-refractivity contribution in [3.63, 3.8) is 0 Å². The van der Waals surface area contributed by atoms with Gasteiger partial charge in [-0.3, -0.25) is 4.79 Å². The number of benzene rings is 1. The Kier molecular flexibility index (Phi) is 3.50. The minimum Gasteiger partial charge on any atom is -0.321 e. The molecule has 2 aromatic heterocycles. The number of amides is 1. The van der Waals surface area contributed by atoms with Crippen molar-refractivity contribution >= 4 is 49.1 Å². The van der Waals surface area contributed by atoms with Crippen LogP contribution in [0.4, 0.5) is 5.69 Å². The molecule has 1 amide bonds. The van der Waals surface area contributed by atoms with E-state index in [4.69, 9.17) is 0 Å². The first-order chi connectivity index (χ1) is 9.63. The average molecular weight is 348 g/mol. The number of aryl methyl sites for hydroxylation is 1. The molecule has 6 heteroatoms. The average Bonchev–Trinajstić information content (AvgIpc) is 2.78. The summed E-state index contributed by atoms with van der Waals surface area (Å²) in [5.41, 5.74) is 2.06. The Morgan fingerprint density at radius 2 is 2.20 bits per heavy atom. The number of nitrogens with one attached hydrogen (secondary N) is 1. The fourth-order valence-corrected chi connectivity index (χ4v) is 3.16. The molecule has 0 spiro atoms. The van der Waals surface area contributed by atoms with E-state index in [1.807, 2.05) is 25.1 Å². The minimum atomic E-state index is -0.238. The van der Waals surface area contributed by atoms with E-state index in [2.05, 4.69) is 31.2 Å². The number of hydrogen-bond donors (Lipinski definition) is 1. The number of rotatable bonds is 2. The number of carbonyl (C=O) groups excluding carboxylic acids is 1. The number of anilines is 1. The lowest BCUT2D eigenvalue weighted by Crippen LogP contribution is -2.14. The van der Waals surface area contributed by atoms with Crippen molar-refractivity contribution in [1.82, 2.24) is 9.97 Å². The summed E-state index contributed by atoms with van der Waals surface area (Å²) in [7, 11) is 0. The maximum Gasteiger partial charge on any atom is 0.275 e. The van der Waals surface area contributed by atoms with E-state index in [9.17, 15) is 4.79 Å². The maximum atomic E-state index is 12.2. The molecule has 0 fully saturated rings. The lowest BCUT2D eigenvalue weighted by atomic mass is 10.2. The largest absolute Gasteiger partial charge is 0.321 e. The van der Waals surface area contributed by atoms with Gasteiger partial charge in [0.2, 0.25) is 0 Å². The summed E-state index contributed by atoms with van der Waals surface area (Å²) in [5, 5.41) is 3.86. The van der Waals surface area contributed by atoms with Crippen LogP contribution in [-0.4, -0.2) is 15.9 Å². The normalized spacial score (nSPS) is 10.7. The van der Waals surface area contributed by atoms with Gasteiger partial charge in [-0.1, -0.05) is 0 Å². The van der Waals surface area contributed by atoms with Gasteiger partial charge in [-0.05, 0) is 53.2 Å². The predicted molar refractivity (Wildman–Crippen MR) is 84.2 cm³/mol. The van der Waals surface area contributed by atoms with E-state index in [1.165, 1.54) is 0 Å². The Hall–Kier alpha value is -1.79.